The number of aliphatic hydroxyl groups excluding tert-OH is 1. The summed E-state index contributed by atoms with van der Waals surface area (Å²) in [5, 5.41) is 19.3. The summed E-state index contributed by atoms with van der Waals surface area (Å²) in [5.74, 6) is -2.81. The standard InChI is InChI=1S/C22H34N2O5S/c1-5-8-14(3)23(11-6-2)19(27)17-22-10-9-21(4,30-22)16(20(28)29)15(22)18(26)24(17)12-7-13-25/h6,14-17,25H,2,5,7-13H2,1,3-4H3,(H,28,29)/t14?,15-,16-,17?,21+,22?/m0/s1. The first-order valence-corrected chi connectivity index (χ1v) is 11.8. The summed E-state index contributed by atoms with van der Waals surface area (Å²) in [6.45, 7) is 10.4. The predicted molar refractivity (Wildman–Crippen MR) is 116 cm³/mol. The van der Waals surface area contributed by atoms with Crippen molar-refractivity contribution >= 4 is 29.5 Å². The molecule has 2 bridgehead atoms. The molecule has 0 aliphatic carbocycles. The molecular formula is C22H34N2O5S. The number of carboxylic acid groups (broad SMARTS) is 1. The Labute approximate surface area is 182 Å². The SMILES string of the molecule is C=CCN(C(=O)C1N(CCCO)C(=O)[C@@H]2[C@@H](C(=O)O)[C@@]3(C)CCC12S3)C(C)CCC. The molecule has 2 amide bonds. The van der Waals surface area contributed by atoms with Crippen LogP contribution in [0.3, 0.4) is 0 Å². The van der Waals surface area contributed by atoms with Crippen molar-refractivity contribution in [2.24, 2.45) is 11.8 Å². The summed E-state index contributed by atoms with van der Waals surface area (Å²) in [6, 6.07) is -0.697. The maximum atomic E-state index is 13.9. The molecule has 3 aliphatic rings. The van der Waals surface area contributed by atoms with Gasteiger partial charge in [-0.2, -0.15) is 0 Å². The molecule has 168 valence electrons. The number of carbonyl (C=O) groups is 3. The molecule has 0 aromatic rings. The van der Waals surface area contributed by atoms with E-state index in [-0.39, 0.29) is 31.0 Å². The number of carbonyl (C=O) groups excluding carboxylic acids is 2. The van der Waals surface area contributed by atoms with Crippen molar-refractivity contribution < 1.29 is 24.6 Å². The third kappa shape index (κ3) is 3.36. The van der Waals surface area contributed by atoms with E-state index in [9.17, 15) is 24.6 Å². The van der Waals surface area contributed by atoms with Crippen LogP contribution in [-0.2, 0) is 14.4 Å². The van der Waals surface area contributed by atoms with E-state index in [0.29, 0.717) is 25.8 Å². The zero-order valence-corrected chi connectivity index (χ0v) is 19.0. The first-order chi connectivity index (χ1) is 14.2. The minimum atomic E-state index is -0.956. The van der Waals surface area contributed by atoms with Gasteiger partial charge in [-0.15, -0.1) is 18.3 Å². The lowest BCUT2D eigenvalue weighted by Gasteiger charge is -2.39. The Hall–Kier alpha value is -1.54. The van der Waals surface area contributed by atoms with Gasteiger partial charge < -0.3 is 20.0 Å². The van der Waals surface area contributed by atoms with Crippen LogP contribution in [0.2, 0.25) is 0 Å². The van der Waals surface area contributed by atoms with Crippen LogP contribution < -0.4 is 0 Å². The Balaban J connectivity index is 2.05. The maximum absolute atomic E-state index is 13.9. The van der Waals surface area contributed by atoms with E-state index in [1.165, 1.54) is 0 Å². The van der Waals surface area contributed by atoms with Gasteiger partial charge in [-0.1, -0.05) is 19.4 Å². The third-order valence-electron chi connectivity index (χ3n) is 7.18. The van der Waals surface area contributed by atoms with Crippen LogP contribution in [0, 0.1) is 11.8 Å². The van der Waals surface area contributed by atoms with Crippen molar-refractivity contribution in [1.29, 1.82) is 0 Å². The fourth-order valence-electron chi connectivity index (χ4n) is 5.92. The molecule has 3 rings (SSSR count). The molecular weight excluding hydrogens is 404 g/mol. The lowest BCUT2D eigenvalue weighted by molar-refractivity contribution is -0.150. The molecule has 3 fully saturated rings. The highest BCUT2D eigenvalue weighted by Gasteiger charge is 2.77. The van der Waals surface area contributed by atoms with Gasteiger partial charge in [0, 0.05) is 30.5 Å². The number of carboxylic acids is 1. The Morgan fingerprint density at radius 2 is 2.13 bits per heavy atom. The number of nitrogens with zero attached hydrogens (tertiary/aromatic N) is 2. The van der Waals surface area contributed by atoms with Crippen molar-refractivity contribution in [3.8, 4) is 0 Å². The highest BCUT2D eigenvalue weighted by Crippen LogP contribution is 2.71. The van der Waals surface area contributed by atoms with Gasteiger partial charge in [0.15, 0.2) is 0 Å². The quantitative estimate of drug-likeness (QED) is 0.507. The molecule has 3 heterocycles. The number of hydrogen-bond donors (Lipinski definition) is 2. The van der Waals surface area contributed by atoms with Crippen molar-refractivity contribution in [3.05, 3.63) is 12.7 Å². The van der Waals surface area contributed by atoms with Crippen LogP contribution in [-0.4, -0.2) is 79.1 Å². The zero-order valence-electron chi connectivity index (χ0n) is 18.2. The number of aliphatic carboxylic acids is 1. The van der Waals surface area contributed by atoms with Crippen LogP contribution in [0.25, 0.3) is 0 Å². The normalized spacial score (nSPS) is 35.4. The summed E-state index contributed by atoms with van der Waals surface area (Å²) < 4.78 is -1.25. The lowest BCUT2D eigenvalue weighted by Crippen LogP contribution is -2.56. The van der Waals surface area contributed by atoms with Crippen LogP contribution in [0.5, 0.6) is 0 Å². The molecule has 0 aromatic carbocycles. The van der Waals surface area contributed by atoms with Crippen LogP contribution in [0.15, 0.2) is 12.7 Å². The average Bonchev–Trinajstić information content (AvgIpc) is 3.25. The monoisotopic (exact) mass is 438 g/mol. The van der Waals surface area contributed by atoms with Gasteiger partial charge in [-0.05, 0) is 39.5 Å². The van der Waals surface area contributed by atoms with E-state index in [1.54, 1.807) is 27.6 Å². The van der Waals surface area contributed by atoms with E-state index in [2.05, 4.69) is 13.5 Å². The van der Waals surface area contributed by atoms with Gasteiger partial charge in [0.1, 0.15) is 6.04 Å². The minimum Gasteiger partial charge on any atom is -0.481 e. The summed E-state index contributed by atoms with van der Waals surface area (Å²) in [4.78, 5) is 43.0. The van der Waals surface area contributed by atoms with Gasteiger partial charge >= 0.3 is 5.97 Å². The average molecular weight is 439 g/mol. The summed E-state index contributed by atoms with van der Waals surface area (Å²) in [7, 11) is 0. The maximum Gasteiger partial charge on any atom is 0.308 e. The second-order valence-corrected chi connectivity index (χ2v) is 11.0. The Morgan fingerprint density at radius 3 is 2.70 bits per heavy atom. The van der Waals surface area contributed by atoms with Crippen LogP contribution in [0.4, 0.5) is 0 Å². The summed E-state index contributed by atoms with van der Waals surface area (Å²) >= 11 is 1.55. The number of likely N-dealkylation sites (tertiary alicyclic amines) is 1. The fourth-order valence-corrected chi connectivity index (χ4v) is 8.26. The van der Waals surface area contributed by atoms with Gasteiger partial charge in [0.05, 0.1) is 16.6 Å². The first-order valence-electron chi connectivity index (χ1n) is 10.9. The molecule has 0 saturated carbocycles. The number of aliphatic hydroxyl groups is 1. The molecule has 8 heteroatoms. The van der Waals surface area contributed by atoms with E-state index in [0.717, 1.165) is 12.8 Å². The number of hydrogen-bond acceptors (Lipinski definition) is 5. The van der Waals surface area contributed by atoms with Gasteiger partial charge in [-0.3, -0.25) is 14.4 Å². The Kier molecular flexibility index (Phi) is 6.58. The molecule has 3 aliphatic heterocycles. The smallest absolute Gasteiger partial charge is 0.308 e. The molecule has 0 radical (unpaired) electrons. The molecule has 30 heavy (non-hydrogen) atoms. The van der Waals surface area contributed by atoms with Crippen molar-refractivity contribution in [3.63, 3.8) is 0 Å². The first kappa shape index (κ1) is 23.1. The molecule has 7 nitrogen and oxygen atoms in total. The molecule has 3 unspecified atom stereocenters. The van der Waals surface area contributed by atoms with Crippen molar-refractivity contribution in [2.45, 2.75) is 74.5 Å². The van der Waals surface area contributed by atoms with Crippen LogP contribution >= 0.6 is 11.8 Å². The zero-order chi connectivity index (χ0) is 22.3. The number of thioether (sulfide) groups is 1. The largest absolute Gasteiger partial charge is 0.481 e. The Bertz CT molecular complexity index is 730. The van der Waals surface area contributed by atoms with Crippen molar-refractivity contribution in [2.75, 3.05) is 19.7 Å². The Morgan fingerprint density at radius 1 is 1.43 bits per heavy atom. The molecule has 0 aromatic heterocycles. The summed E-state index contributed by atoms with van der Waals surface area (Å²) in [6.07, 6.45) is 5.18. The number of fused-ring (bicyclic) bond motifs is 1. The van der Waals surface area contributed by atoms with Gasteiger partial charge in [-0.25, -0.2) is 0 Å². The molecule has 1 spiro atoms. The van der Waals surface area contributed by atoms with Crippen LogP contribution in [0.1, 0.15) is 52.9 Å². The second-order valence-electron chi connectivity index (χ2n) is 9.09. The van der Waals surface area contributed by atoms with Gasteiger partial charge in [0.2, 0.25) is 11.8 Å². The van der Waals surface area contributed by atoms with E-state index in [1.807, 2.05) is 13.8 Å². The fraction of sp³-hybridized carbons (Fsp3) is 0.773. The number of rotatable bonds is 10. The van der Waals surface area contributed by atoms with Crippen molar-refractivity contribution in [1.82, 2.24) is 9.80 Å². The number of amides is 2. The van der Waals surface area contributed by atoms with E-state index < -0.39 is 33.3 Å². The summed E-state index contributed by atoms with van der Waals surface area (Å²) in [5.41, 5.74) is 0. The van der Waals surface area contributed by atoms with E-state index >= 15 is 0 Å². The highest BCUT2D eigenvalue weighted by molar-refractivity contribution is 8.02. The van der Waals surface area contributed by atoms with E-state index in [4.69, 9.17) is 0 Å². The third-order valence-corrected chi connectivity index (χ3v) is 9.17. The molecule has 3 saturated heterocycles. The molecule has 2 N–H and O–H groups in total. The minimum absolute atomic E-state index is 0.000189. The second kappa shape index (κ2) is 8.54. The molecule has 6 atom stereocenters. The lowest BCUT2D eigenvalue weighted by atomic mass is 9.66. The predicted octanol–water partition coefficient (Wildman–Crippen LogP) is 2.14. The van der Waals surface area contributed by atoms with Gasteiger partial charge in [0.25, 0.3) is 0 Å². The highest BCUT2D eigenvalue weighted by atomic mass is 32.2. The topological polar surface area (TPSA) is 98.2 Å².